The van der Waals surface area contributed by atoms with Gasteiger partial charge in [0.15, 0.2) is 5.82 Å². The van der Waals surface area contributed by atoms with Gasteiger partial charge in [-0.1, -0.05) is 5.16 Å². The number of carbonyl (C=O) groups is 1. The van der Waals surface area contributed by atoms with Gasteiger partial charge < -0.3 is 23.3 Å². The zero-order valence-electron chi connectivity index (χ0n) is 14.7. The molecule has 0 N–H and O–H groups in total. The molecule has 8 nitrogen and oxygen atoms in total. The lowest BCUT2D eigenvalue weighted by Gasteiger charge is -2.33. The molecule has 0 aromatic carbocycles. The Bertz CT molecular complexity index is 681. The van der Waals surface area contributed by atoms with E-state index < -0.39 is 5.60 Å². The first kappa shape index (κ1) is 17.5. The number of furan rings is 1. The summed E-state index contributed by atoms with van der Waals surface area (Å²) >= 11 is 0. The van der Waals surface area contributed by atoms with Crippen LogP contribution in [0.3, 0.4) is 0 Å². The minimum atomic E-state index is -0.476. The molecule has 0 bridgehead atoms. The van der Waals surface area contributed by atoms with E-state index in [4.69, 9.17) is 18.4 Å². The summed E-state index contributed by atoms with van der Waals surface area (Å²) in [6.07, 6.45) is 4.40. The molecule has 1 amide bonds. The number of hydrogen-bond acceptors (Lipinski definition) is 7. The molecule has 1 aliphatic heterocycles. The van der Waals surface area contributed by atoms with Crippen molar-refractivity contribution in [2.75, 3.05) is 13.1 Å². The monoisotopic (exact) mass is 349 g/mol. The maximum Gasteiger partial charge on any atom is 0.410 e. The third kappa shape index (κ3) is 4.82. The van der Waals surface area contributed by atoms with Crippen molar-refractivity contribution in [3.8, 4) is 11.5 Å². The van der Waals surface area contributed by atoms with Gasteiger partial charge in [0.1, 0.15) is 18.5 Å². The van der Waals surface area contributed by atoms with Gasteiger partial charge >= 0.3 is 6.09 Å². The van der Waals surface area contributed by atoms with Crippen molar-refractivity contribution < 1.29 is 23.2 Å². The summed E-state index contributed by atoms with van der Waals surface area (Å²) < 4.78 is 21.4. The SMILES string of the molecule is CC(C)(C)OC(=O)N1CCC(OCc2noc(-c3ccoc3)n2)CC1. The fraction of sp³-hybridized carbons (Fsp3) is 0.588. The highest BCUT2D eigenvalue weighted by atomic mass is 16.6. The van der Waals surface area contributed by atoms with Crippen molar-refractivity contribution in [1.82, 2.24) is 15.0 Å². The molecular weight excluding hydrogens is 326 g/mol. The van der Waals surface area contributed by atoms with Crippen LogP contribution in [0.25, 0.3) is 11.5 Å². The molecule has 3 heterocycles. The van der Waals surface area contributed by atoms with E-state index in [1.807, 2.05) is 20.8 Å². The van der Waals surface area contributed by atoms with E-state index >= 15 is 0 Å². The number of ether oxygens (including phenoxy) is 2. The van der Waals surface area contributed by atoms with Gasteiger partial charge in [-0.15, -0.1) is 0 Å². The summed E-state index contributed by atoms with van der Waals surface area (Å²) in [6, 6.07) is 1.75. The van der Waals surface area contributed by atoms with E-state index in [1.165, 1.54) is 0 Å². The zero-order chi connectivity index (χ0) is 17.9. The Kier molecular flexibility index (Phi) is 5.08. The van der Waals surface area contributed by atoms with Gasteiger partial charge in [-0.05, 0) is 39.7 Å². The predicted molar refractivity (Wildman–Crippen MR) is 87.6 cm³/mol. The Morgan fingerprint density at radius 3 is 2.76 bits per heavy atom. The van der Waals surface area contributed by atoms with E-state index in [9.17, 15) is 4.79 Å². The highest BCUT2D eigenvalue weighted by Crippen LogP contribution is 2.20. The molecule has 0 spiro atoms. The van der Waals surface area contributed by atoms with Crippen LogP contribution in [0, 0.1) is 0 Å². The normalized spacial score (nSPS) is 16.2. The van der Waals surface area contributed by atoms with Crippen LogP contribution in [-0.2, 0) is 16.1 Å². The minimum absolute atomic E-state index is 0.0644. The summed E-state index contributed by atoms with van der Waals surface area (Å²) in [5.74, 6) is 0.901. The Morgan fingerprint density at radius 2 is 2.12 bits per heavy atom. The van der Waals surface area contributed by atoms with Gasteiger partial charge in [0.2, 0.25) is 0 Å². The van der Waals surface area contributed by atoms with Crippen LogP contribution >= 0.6 is 0 Å². The van der Waals surface area contributed by atoms with Gasteiger partial charge in [0.05, 0.1) is 17.9 Å². The molecule has 8 heteroatoms. The maximum absolute atomic E-state index is 12.0. The molecule has 2 aromatic rings. The smallest absolute Gasteiger partial charge is 0.410 e. The largest absolute Gasteiger partial charge is 0.472 e. The van der Waals surface area contributed by atoms with E-state index in [0.717, 1.165) is 18.4 Å². The summed E-state index contributed by atoms with van der Waals surface area (Å²) in [7, 11) is 0. The first-order valence-electron chi connectivity index (χ1n) is 8.35. The number of nitrogens with zero attached hydrogens (tertiary/aromatic N) is 3. The standard InChI is InChI=1S/C17H23N3O5/c1-17(2,3)24-16(21)20-7-4-13(5-8-20)23-11-14-18-15(25-19-14)12-6-9-22-10-12/h6,9-10,13H,4-5,7-8,11H2,1-3H3. The fourth-order valence-electron chi connectivity index (χ4n) is 2.54. The van der Waals surface area contributed by atoms with Crippen LogP contribution in [0.2, 0.25) is 0 Å². The van der Waals surface area contributed by atoms with Gasteiger partial charge in [-0.25, -0.2) is 4.79 Å². The van der Waals surface area contributed by atoms with E-state index in [0.29, 0.717) is 24.8 Å². The molecule has 3 rings (SSSR count). The molecule has 0 aliphatic carbocycles. The Morgan fingerprint density at radius 1 is 1.36 bits per heavy atom. The fourth-order valence-corrected chi connectivity index (χ4v) is 2.54. The molecule has 25 heavy (non-hydrogen) atoms. The van der Waals surface area contributed by atoms with Crippen molar-refractivity contribution in [1.29, 1.82) is 0 Å². The molecule has 0 unspecified atom stereocenters. The second kappa shape index (κ2) is 7.26. The third-order valence-corrected chi connectivity index (χ3v) is 3.78. The Hall–Kier alpha value is -2.35. The summed E-state index contributed by atoms with van der Waals surface area (Å²) in [6.45, 7) is 7.10. The van der Waals surface area contributed by atoms with Crippen molar-refractivity contribution in [3.63, 3.8) is 0 Å². The van der Waals surface area contributed by atoms with Crippen LogP contribution in [0.4, 0.5) is 4.79 Å². The van der Waals surface area contributed by atoms with Gasteiger partial charge in [0, 0.05) is 13.1 Å². The number of hydrogen-bond donors (Lipinski definition) is 0. The molecule has 1 fully saturated rings. The second-order valence-corrected chi connectivity index (χ2v) is 7.01. The number of rotatable bonds is 4. The van der Waals surface area contributed by atoms with Crippen LogP contribution in [0.1, 0.15) is 39.4 Å². The highest BCUT2D eigenvalue weighted by Gasteiger charge is 2.27. The predicted octanol–water partition coefficient (Wildman–Crippen LogP) is 3.25. The lowest BCUT2D eigenvalue weighted by Crippen LogP contribution is -2.43. The van der Waals surface area contributed by atoms with E-state index in [1.54, 1.807) is 23.5 Å². The summed E-state index contributed by atoms with van der Waals surface area (Å²) in [5.41, 5.74) is 0.264. The Labute approximate surface area is 146 Å². The maximum atomic E-state index is 12.0. The van der Waals surface area contributed by atoms with Crippen LogP contribution < -0.4 is 0 Å². The summed E-state index contributed by atoms with van der Waals surface area (Å²) in [5, 5.41) is 3.90. The minimum Gasteiger partial charge on any atom is -0.472 e. The Balaban J connectivity index is 1.43. The number of likely N-dealkylation sites (tertiary alicyclic amines) is 1. The molecule has 1 aliphatic rings. The first-order chi connectivity index (χ1) is 11.9. The molecular formula is C17H23N3O5. The number of piperidine rings is 1. The van der Waals surface area contributed by atoms with Gasteiger partial charge in [-0.2, -0.15) is 4.98 Å². The van der Waals surface area contributed by atoms with Crippen molar-refractivity contribution in [2.24, 2.45) is 0 Å². The number of amides is 1. The molecule has 0 atom stereocenters. The van der Waals surface area contributed by atoms with Gasteiger partial charge in [-0.3, -0.25) is 0 Å². The molecule has 0 saturated carbocycles. The highest BCUT2D eigenvalue weighted by molar-refractivity contribution is 5.68. The van der Waals surface area contributed by atoms with Gasteiger partial charge in [0.25, 0.3) is 5.89 Å². The number of carbonyl (C=O) groups excluding carboxylic acids is 1. The van der Waals surface area contributed by atoms with E-state index in [-0.39, 0.29) is 18.8 Å². The molecule has 0 radical (unpaired) electrons. The molecule has 2 aromatic heterocycles. The quantitative estimate of drug-likeness (QED) is 0.836. The van der Waals surface area contributed by atoms with Crippen molar-refractivity contribution in [3.05, 3.63) is 24.4 Å². The van der Waals surface area contributed by atoms with Crippen molar-refractivity contribution in [2.45, 2.75) is 51.9 Å². The second-order valence-electron chi connectivity index (χ2n) is 7.01. The lowest BCUT2D eigenvalue weighted by molar-refractivity contribution is -0.0190. The third-order valence-electron chi connectivity index (χ3n) is 3.78. The van der Waals surface area contributed by atoms with Crippen LogP contribution in [-0.4, -0.2) is 45.9 Å². The number of aromatic nitrogens is 2. The lowest BCUT2D eigenvalue weighted by atomic mass is 10.1. The van der Waals surface area contributed by atoms with E-state index in [2.05, 4.69) is 10.1 Å². The average Bonchev–Trinajstić information content (AvgIpc) is 3.23. The van der Waals surface area contributed by atoms with Crippen molar-refractivity contribution >= 4 is 6.09 Å². The molecule has 136 valence electrons. The first-order valence-corrected chi connectivity index (χ1v) is 8.35. The molecule has 1 saturated heterocycles. The topological polar surface area (TPSA) is 90.8 Å². The zero-order valence-corrected chi connectivity index (χ0v) is 14.7. The van der Waals surface area contributed by atoms with Crippen LogP contribution in [0.5, 0.6) is 0 Å². The average molecular weight is 349 g/mol. The summed E-state index contributed by atoms with van der Waals surface area (Å²) in [4.78, 5) is 18.0. The van der Waals surface area contributed by atoms with Crippen LogP contribution in [0.15, 0.2) is 27.5 Å².